The third kappa shape index (κ3) is 4.19. The number of aromatic nitrogens is 1. The maximum Gasteiger partial charge on any atom is 0.140 e. The highest BCUT2D eigenvalue weighted by Crippen LogP contribution is 2.29. The molecular weight excluding hydrogens is 304 g/mol. The van der Waals surface area contributed by atoms with E-state index < -0.39 is 0 Å². The van der Waals surface area contributed by atoms with Crippen LogP contribution in [0.4, 0.5) is 0 Å². The van der Waals surface area contributed by atoms with Crippen LogP contribution in [0, 0.1) is 0 Å². The van der Waals surface area contributed by atoms with Crippen LogP contribution in [-0.2, 0) is 12.0 Å². The summed E-state index contributed by atoms with van der Waals surface area (Å²) in [6, 6.07) is 5.40. The maximum absolute atomic E-state index is 6.01. The first-order chi connectivity index (χ1) is 9.77. The third-order valence-electron chi connectivity index (χ3n) is 3.13. The molecule has 0 amide bonds. The van der Waals surface area contributed by atoms with E-state index >= 15 is 0 Å². The van der Waals surface area contributed by atoms with Crippen molar-refractivity contribution >= 4 is 22.9 Å². The van der Waals surface area contributed by atoms with E-state index in [0.717, 1.165) is 22.0 Å². The Morgan fingerprint density at radius 1 is 1.38 bits per heavy atom. The van der Waals surface area contributed by atoms with Crippen molar-refractivity contribution in [3.8, 4) is 5.75 Å². The van der Waals surface area contributed by atoms with Crippen molar-refractivity contribution < 1.29 is 4.74 Å². The largest absolute Gasteiger partial charge is 0.486 e. The molecule has 1 aromatic heterocycles. The van der Waals surface area contributed by atoms with Crippen molar-refractivity contribution in [3.63, 3.8) is 0 Å². The van der Waals surface area contributed by atoms with Gasteiger partial charge in [0.1, 0.15) is 17.4 Å². The summed E-state index contributed by atoms with van der Waals surface area (Å²) in [4.78, 5) is 4.62. The summed E-state index contributed by atoms with van der Waals surface area (Å²) in [6.07, 6.45) is 0. The van der Waals surface area contributed by atoms with E-state index in [9.17, 15) is 0 Å². The Balaban J connectivity index is 2.12. The van der Waals surface area contributed by atoms with Gasteiger partial charge < -0.3 is 10.5 Å². The van der Waals surface area contributed by atoms with E-state index in [1.165, 1.54) is 0 Å². The fraction of sp³-hybridized carbons (Fsp3) is 0.438. The maximum atomic E-state index is 6.01. The second-order valence-corrected chi connectivity index (χ2v) is 7.52. The molecule has 0 unspecified atom stereocenters. The number of hydrogen-bond donors (Lipinski definition) is 1. The van der Waals surface area contributed by atoms with Crippen LogP contribution in [-0.4, -0.2) is 4.98 Å². The van der Waals surface area contributed by atoms with Gasteiger partial charge in [-0.15, -0.1) is 11.3 Å². The van der Waals surface area contributed by atoms with E-state index in [-0.39, 0.29) is 11.5 Å². The molecule has 0 radical (unpaired) electrons. The molecule has 1 heterocycles. The summed E-state index contributed by atoms with van der Waals surface area (Å²) in [6.45, 7) is 8.82. The molecular formula is C16H21ClN2OS. The summed E-state index contributed by atoms with van der Waals surface area (Å²) < 4.78 is 5.87. The lowest BCUT2D eigenvalue weighted by molar-refractivity contribution is 0.300. The highest BCUT2D eigenvalue weighted by molar-refractivity contribution is 7.09. The molecule has 0 aliphatic heterocycles. The summed E-state index contributed by atoms with van der Waals surface area (Å²) in [5, 5.41) is 3.72. The smallest absolute Gasteiger partial charge is 0.140 e. The van der Waals surface area contributed by atoms with Gasteiger partial charge in [-0.25, -0.2) is 4.98 Å². The number of nitrogens with two attached hydrogens (primary N) is 1. The van der Waals surface area contributed by atoms with Crippen LogP contribution < -0.4 is 10.5 Å². The summed E-state index contributed by atoms with van der Waals surface area (Å²) in [5.74, 6) is 0.766. The van der Waals surface area contributed by atoms with Crippen LogP contribution in [0.5, 0.6) is 5.75 Å². The predicted molar refractivity (Wildman–Crippen MR) is 89.2 cm³/mol. The average Bonchev–Trinajstić information content (AvgIpc) is 2.85. The fourth-order valence-corrected chi connectivity index (χ4v) is 2.98. The zero-order valence-corrected chi connectivity index (χ0v) is 14.4. The predicted octanol–water partition coefficient (Wildman–Crippen LogP) is 4.69. The van der Waals surface area contributed by atoms with Gasteiger partial charge in [0.2, 0.25) is 0 Å². The quantitative estimate of drug-likeness (QED) is 0.887. The van der Waals surface area contributed by atoms with Gasteiger partial charge in [0.15, 0.2) is 0 Å². The number of halogens is 1. The Bertz CT molecular complexity index is 617. The lowest BCUT2D eigenvalue weighted by Crippen LogP contribution is -2.12. The Morgan fingerprint density at radius 2 is 2.10 bits per heavy atom. The monoisotopic (exact) mass is 324 g/mol. The molecule has 1 aromatic carbocycles. The van der Waals surface area contributed by atoms with E-state index in [4.69, 9.17) is 22.1 Å². The first-order valence-electron chi connectivity index (χ1n) is 6.90. The topological polar surface area (TPSA) is 48.1 Å². The van der Waals surface area contributed by atoms with Gasteiger partial charge in [-0.1, -0.05) is 32.4 Å². The zero-order chi connectivity index (χ0) is 15.6. The molecule has 5 heteroatoms. The number of benzene rings is 1. The van der Waals surface area contributed by atoms with Gasteiger partial charge >= 0.3 is 0 Å². The van der Waals surface area contributed by atoms with Crippen molar-refractivity contribution in [1.82, 2.24) is 4.98 Å². The van der Waals surface area contributed by atoms with E-state index in [1.54, 1.807) is 11.3 Å². The molecule has 0 aliphatic rings. The van der Waals surface area contributed by atoms with Crippen LogP contribution in [0.3, 0.4) is 0 Å². The minimum Gasteiger partial charge on any atom is -0.486 e. The molecule has 0 saturated heterocycles. The first-order valence-corrected chi connectivity index (χ1v) is 8.16. The molecule has 0 bridgehead atoms. The van der Waals surface area contributed by atoms with Crippen LogP contribution >= 0.6 is 22.9 Å². The SMILES string of the molecule is C[C@H](N)c1cc(Cl)ccc1OCc1nc(C(C)(C)C)cs1. The van der Waals surface area contributed by atoms with Crippen LogP contribution in [0.25, 0.3) is 0 Å². The molecule has 2 aromatic rings. The summed E-state index contributed by atoms with van der Waals surface area (Å²) in [7, 11) is 0. The van der Waals surface area contributed by atoms with Crippen LogP contribution in [0.2, 0.25) is 5.02 Å². The lowest BCUT2D eigenvalue weighted by Gasteiger charge is -2.15. The van der Waals surface area contributed by atoms with Crippen molar-refractivity contribution in [3.05, 3.63) is 44.9 Å². The number of rotatable bonds is 4. The molecule has 114 valence electrons. The van der Waals surface area contributed by atoms with Crippen LogP contribution in [0.15, 0.2) is 23.6 Å². The number of ether oxygens (including phenoxy) is 1. The van der Waals surface area contributed by atoms with Gasteiger partial charge in [0, 0.05) is 27.4 Å². The van der Waals surface area contributed by atoms with Crippen molar-refractivity contribution in [2.24, 2.45) is 5.73 Å². The minimum atomic E-state index is -0.125. The molecule has 21 heavy (non-hydrogen) atoms. The minimum absolute atomic E-state index is 0.0615. The highest BCUT2D eigenvalue weighted by Gasteiger charge is 2.18. The molecule has 0 aliphatic carbocycles. The Morgan fingerprint density at radius 3 is 2.67 bits per heavy atom. The van der Waals surface area contributed by atoms with Gasteiger partial charge in [-0.3, -0.25) is 0 Å². The van der Waals surface area contributed by atoms with Crippen molar-refractivity contribution in [2.45, 2.75) is 45.8 Å². The lowest BCUT2D eigenvalue weighted by atomic mass is 9.93. The van der Waals surface area contributed by atoms with Gasteiger partial charge in [0.05, 0.1) is 5.69 Å². The normalized spacial score (nSPS) is 13.2. The summed E-state index contributed by atoms with van der Waals surface area (Å²) in [5.41, 5.74) is 8.03. The molecule has 0 saturated carbocycles. The average molecular weight is 325 g/mol. The van der Waals surface area contributed by atoms with E-state index in [1.807, 2.05) is 25.1 Å². The van der Waals surface area contributed by atoms with E-state index in [0.29, 0.717) is 11.6 Å². The Kier molecular flexibility index (Phi) is 4.91. The number of nitrogens with zero attached hydrogens (tertiary/aromatic N) is 1. The second kappa shape index (κ2) is 6.34. The first kappa shape index (κ1) is 16.3. The van der Waals surface area contributed by atoms with Gasteiger partial charge in [0.25, 0.3) is 0 Å². The highest BCUT2D eigenvalue weighted by atomic mass is 35.5. The Hall–Kier alpha value is -1.10. The van der Waals surface area contributed by atoms with Crippen molar-refractivity contribution in [1.29, 1.82) is 0 Å². The third-order valence-corrected chi connectivity index (χ3v) is 4.19. The van der Waals surface area contributed by atoms with Crippen LogP contribution in [0.1, 0.15) is 50.0 Å². The van der Waals surface area contributed by atoms with Crippen molar-refractivity contribution in [2.75, 3.05) is 0 Å². The van der Waals surface area contributed by atoms with Gasteiger partial charge in [-0.05, 0) is 25.1 Å². The number of hydrogen-bond acceptors (Lipinski definition) is 4. The second-order valence-electron chi connectivity index (χ2n) is 6.14. The van der Waals surface area contributed by atoms with E-state index in [2.05, 4.69) is 31.1 Å². The molecule has 3 nitrogen and oxygen atoms in total. The zero-order valence-electron chi connectivity index (χ0n) is 12.8. The molecule has 2 rings (SSSR count). The molecule has 1 atom stereocenters. The Labute approximate surface area is 135 Å². The molecule has 0 spiro atoms. The molecule has 2 N–H and O–H groups in total. The fourth-order valence-electron chi connectivity index (χ4n) is 1.87. The van der Waals surface area contributed by atoms with Gasteiger partial charge in [-0.2, -0.15) is 0 Å². The molecule has 0 fully saturated rings. The standard InChI is InChI=1S/C16H21ClN2OS/c1-10(18)12-7-11(17)5-6-13(12)20-8-15-19-14(9-21-15)16(2,3)4/h5-7,9-10H,8,18H2,1-4H3/t10-/m0/s1. The number of thiazole rings is 1. The summed E-state index contributed by atoms with van der Waals surface area (Å²) >= 11 is 7.63.